The topological polar surface area (TPSA) is 32.3 Å². The van der Waals surface area contributed by atoms with Gasteiger partial charge in [-0.3, -0.25) is 4.79 Å². The van der Waals surface area contributed by atoms with Gasteiger partial charge in [-0.05, 0) is 37.5 Å². The van der Waals surface area contributed by atoms with Gasteiger partial charge in [0.2, 0.25) is 5.91 Å². The summed E-state index contributed by atoms with van der Waals surface area (Å²) >= 11 is 3.42. The van der Waals surface area contributed by atoms with Crippen LogP contribution >= 0.6 is 15.9 Å². The number of benzene rings is 1. The van der Waals surface area contributed by atoms with E-state index in [2.05, 4.69) is 40.3 Å². The summed E-state index contributed by atoms with van der Waals surface area (Å²) in [6.45, 7) is 4.36. The van der Waals surface area contributed by atoms with E-state index in [1.165, 1.54) is 5.56 Å². The average Bonchev–Trinajstić information content (AvgIpc) is 2.90. The van der Waals surface area contributed by atoms with Gasteiger partial charge in [0.05, 0.1) is 6.54 Å². The molecular formula is C14H19BrN2O. The molecule has 1 aromatic carbocycles. The third-order valence-electron chi connectivity index (χ3n) is 3.39. The van der Waals surface area contributed by atoms with Crippen molar-refractivity contribution in [3.63, 3.8) is 0 Å². The Hall–Kier alpha value is -0.870. The zero-order chi connectivity index (χ0) is 13.0. The normalized spacial score (nSPS) is 16.9. The fraction of sp³-hybridized carbons (Fsp3) is 0.500. The van der Waals surface area contributed by atoms with E-state index < -0.39 is 0 Å². The predicted molar refractivity (Wildman–Crippen MR) is 76.4 cm³/mol. The van der Waals surface area contributed by atoms with E-state index in [1.807, 2.05) is 17.0 Å². The molecule has 1 N–H and O–H groups in total. The summed E-state index contributed by atoms with van der Waals surface area (Å²) in [6.07, 6.45) is 2.29. The van der Waals surface area contributed by atoms with Crippen LogP contribution in [0.5, 0.6) is 0 Å². The lowest BCUT2D eigenvalue weighted by Crippen LogP contribution is -2.37. The van der Waals surface area contributed by atoms with E-state index in [1.54, 1.807) is 0 Å². The summed E-state index contributed by atoms with van der Waals surface area (Å²) in [5, 5.41) is 3.29. The molecule has 0 saturated carbocycles. The van der Waals surface area contributed by atoms with E-state index in [4.69, 9.17) is 0 Å². The smallest absolute Gasteiger partial charge is 0.236 e. The molecule has 18 heavy (non-hydrogen) atoms. The number of halogens is 1. The van der Waals surface area contributed by atoms with Gasteiger partial charge in [0.25, 0.3) is 0 Å². The number of amides is 1. The Bertz CT molecular complexity index is 399. The van der Waals surface area contributed by atoms with Crippen molar-refractivity contribution < 1.29 is 4.79 Å². The lowest BCUT2D eigenvalue weighted by molar-refractivity contribution is -0.129. The fourth-order valence-corrected chi connectivity index (χ4v) is 2.45. The first-order chi connectivity index (χ1) is 8.66. The van der Waals surface area contributed by atoms with Gasteiger partial charge in [-0.25, -0.2) is 0 Å². The third kappa shape index (κ3) is 3.56. The van der Waals surface area contributed by atoms with Crippen molar-refractivity contribution in [1.82, 2.24) is 10.2 Å². The van der Waals surface area contributed by atoms with Crippen LogP contribution in [0.25, 0.3) is 0 Å². The molecule has 98 valence electrons. The molecule has 1 fully saturated rings. The van der Waals surface area contributed by atoms with Crippen LogP contribution < -0.4 is 5.32 Å². The summed E-state index contributed by atoms with van der Waals surface area (Å²) in [5.74, 6) is 0.219. The Labute approximate surface area is 117 Å². The summed E-state index contributed by atoms with van der Waals surface area (Å²) in [7, 11) is 0. The first-order valence-electron chi connectivity index (χ1n) is 6.43. The summed E-state index contributed by atoms with van der Waals surface area (Å²) < 4.78 is 1.08. The van der Waals surface area contributed by atoms with Crippen molar-refractivity contribution >= 4 is 21.8 Å². The number of likely N-dealkylation sites (tertiary alicyclic amines) is 1. The molecule has 0 spiro atoms. The van der Waals surface area contributed by atoms with E-state index in [-0.39, 0.29) is 11.9 Å². The summed E-state index contributed by atoms with van der Waals surface area (Å²) in [4.78, 5) is 13.8. The molecule has 1 saturated heterocycles. The van der Waals surface area contributed by atoms with Gasteiger partial charge >= 0.3 is 0 Å². The second kappa shape index (κ2) is 6.34. The Morgan fingerprint density at radius 3 is 2.56 bits per heavy atom. The molecule has 0 bridgehead atoms. The molecular weight excluding hydrogens is 292 g/mol. The molecule has 0 aliphatic carbocycles. The van der Waals surface area contributed by atoms with Gasteiger partial charge in [0.1, 0.15) is 0 Å². The fourth-order valence-electron chi connectivity index (χ4n) is 2.19. The molecule has 1 atom stereocenters. The maximum atomic E-state index is 11.9. The highest BCUT2D eigenvalue weighted by atomic mass is 79.9. The lowest BCUT2D eigenvalue weighted by atomic mass is 10.1. The van der Waals surface area contributed by atoms with Crippen LogP contribution in [-0.4, -0.2) is 30.4 Å². The molecule has 0 aromatic heterocycles. The minimum atomic E-state index is 0.199. The van der Waals surface area contributed by atoms with Crippen LogP contribution in [0.3, 0.4) is 0 Å². The van der Waals surface area contributed by atoms with E-state index in [0.29, 0.717) is 6.54 Å². The van der Waals surface area contributed by atoms with Crippen molar-refractivity contribution in [2.75, 3.05) is 19.6 Å². The van der Waals surface area contributed by atoms with Crippen molar-refractivity contribution in [3.8, 4) is 0 Å². The first-order valence-corrected chi connectivity index (χ1v) is 7.23. The summed E-state index contributed by atoms with van der Waals surface area (Å²) in [5.41, 5.74) is 1.20. The zero-order valence-electron chi connectivity index (χ0n) is 10.7. The molecule has 0 unspecified atom stereocenters. The van der Waals surface area contributed by atoms with Crippen LogP contribution in [0.2, 0.25) is 0 Å². The molecule has 1 heterocycles. The lowest BCUT2D eigenvalue weighted by Gasteiger charge is -2.18. The molecule has 1 aromatic rings. The van der Waals surface area contributed by atoms with Crippen LogP contribution in [0, 0.1) is 0 Å². The molecule has 2 rings (SSSR count). The van der Waals surface area contributed by atoms with Gasteiger partial charge in [0.15, 0.2) is 0 Å². The Morgan fingerprint density at radius 2 is 1.94 bits per heavy atom. The summed E-state index contributed by atoms with van der Waals surface area (Å²) in [6, 6.07) is 8.39. The Balaban J connectivity index is 1.82. The molecule has 0 radical (unpaired) electrons. The number of nitrogens with zero attached hydrogens (tertiary/aromatic N) is 1. The zero-order valence-corrected chi connectivity index (χ0v) is 12.2. The first kappa shape index (κ1) is 13.6. The monoisotopic (exact) mass is 310 g/mol. The van der Waals surface area contributed by atoms with Crippen LogP contribution in [0.4, 0.5) is 0 Å². The number of hydrogen-bond acceptors (Lipinski definition) is 2. The number of rotatable bonds is 4. The van der Waals surface area contributed by atoms with Crippen LogP contribution in [0.15, 0.2) is 28.7 Å². The Kier molecular flexibility index (Phi) is 4.78. The van der Waals surface area contributed by atoms with Crippen molar-refractivity contribution in [3.05, 3.63) is 34.3 Å². The van der Waals surface area contributed by atoms with Crippen molar-refractivity contribution in [1.29, 1.82) is 0 Å². The van der Waals surface area contributed by atoms with Crippen molar-refractivity contribution in [2.45, 2.75) is 25.8 Å². The number of hydrogen-bond donors (Lipinski definition) is 1. The second-order valence-electron chi connectivity index (χ2n) is 4.74. The van der Waals surface area contributed by atoms with Gasteiger partial charge in [-0.2, -0.15) is 0 Å². The quantitative estimate of drug-likeness (QED) is 0.927. The SMILES string of the molecule is C[C@@H](NCC(=O)N1CCCC1)c1ccc(Br)cc1. The van der Waals surface area contributed by atoms with Gasteiger partial charge in [-0.15, -0.1) is 0 Å². The number of carbonyl (C=O) groups excluding carboxylic acids is 1. The predicted octanol–water partition coefficient (Wildman–Crippen LogP) is 2.72. The third-order valence-corrected chi connectivity index (χ3v) is 3.92. The number of nitrogens with one attached hydrogen (secondary N) is 1. The van der Waals surface area contributed by atoms with Crippen LogP contribution in [-0.2, 0) is 4.79 Å². The average molecular weight is 311 g/mol. The highest BCUT2D eigenvalue weighted by Crippen LogP contribution is 2.16. The van der Waals surface area contributed by atoms with Crippen LogP contribution in [0.1, 0.15) is 31.4 Å². The molecule has 4 heteroatoms. The minimum absolute atomic E-state index is 0.199. The Morgan fingerprint density at radius 1 is 1.33 bits per heavy atom. The van der Waals surface area contributed by atoms with Gasteiger partial charge in [0, 0.05) is 23.6 Å². The number of carbonyl (C=O) groups is 1. The largest absolute Gasteiger partial charge is 0.342 e. The molecule has 1 amide bonds. The van der Waals surface area contributed by atoms with Crippen molar-refractivity contribution in [2.24, 2.45) is 0 Å². The highest BCUT2D eigenvalue weighted by molar-refractivity contribution is 9.10. The maximum Gasteiger partial charge on any atom is 0.236 e. The van der Waals surface area contributed by atoms with E-state index in [9.17, 15) is 4.79 Å². The maximum absolute atomic E-state index is 11.9. The standard InChI is InChI=1S/C14H19BrN2O/c1-11(12-4-6-13(15)7-5-12)16-10-14(18)17-8-2-3-9-17/h4-7,11,16H,2-3,8-10H2,1H3/t11-/m1/s1. The minimum Gasteiger partial charge on any atom is -0.342 e. The second-order valence-corrected chi connectivity index (χ2v) is 5.66. The molecule has 1 aliphatic heterocycles. The van der Waals surface area contributed by atoms with E-state index in [0.717, 1.165) is 30.4 Å². The molecule has 1 aliphatic rings. The van der Waals surface area contributed by atoms with Gasteiger partial charge in [-0.1, -0.05) is 28.1 Å². The highest BCUT2D eigenvalue weighted by Gasteiger charge is 2.18. The van der Waals surface area contributed by atoms with E-state index >= 15 is 0 Å². The van der Waals surface area contributed by atoms with Gasteiger partial charge < -0.3 is 10.2 Å². The molecule has 3 nitrogen and oxygen atoms in total.